The van der Waals surface area contributed by atoms with Crippen molar-refractivity contribution in [2.45, 2.75) is 18.9 Å². The molecule has 1 aliphatic rings. The van der Waals surface area contributed by atoms with E-state index in [0.717, 1.165) is 12.8 Å². The van der Waals surface area contributed by atoms with Crippen LogP contribution in [-0.2, 0) is 4.43 Å². The summed E-state index contributed by atoms with van der Waals surface area (Å²) in [6.07, 6.45) is 1.98. The van der Waals surface area contributed by atoms with Gasteiger partial charge in [-0.25, -0.2) is 0 Å². The molecular formula is C4H9NO3Si. The van der Waals surface area contributed by atoms with Crippen LogP contribution in [0.1, 0.15) is 12.8 Å². The molecule has 0 aromatic heterocycles. The Kier molecular flexibility index (Phi) is 2.18. The minimum Gasteiger partial charge on any atom is -0.363 e. The number of rotatable bonds is 1. The first-order valence-corrected chi connectivity index (χ1v) is 4.86. The van der Waals surface area contributed by atoms with Crippen molar-refractivity contribution in [3.63, 3.8) is 0 Å². The highest BCUT2D eigenvalue weighted by Gasteiger charge is 2.29. The fraction of sp³-hybridized carbons (Fsp3) is 1.00. The molecule has 0 aliphatic carbocycles. The van der Waals surface area contributed by atoms with Gasteiger partial charge in [-0.1, -0.05) is 0 Å². The molecule has 52 valence electrons. The van der Waals surface area contributed by atoms with Gasteiger partial charge in [0.25, 0.3) is 0 Å². The van der Waals surface area contributed by atoms with E-state index in [1.807, 2.05) is 0 Å². The average Bonchev–Trinajstić information content (AvgIpc) is 1.90. The molecule has 0 spiro atoms. The minimum atomic E-state index is -1.98. The summed E-state index contributed by atoms with van der Waals surface area (Å²) in [7, 11) is -1.98. The van der Waals surface area contributed by atoms with Gasteiger partial charge in [0.1, 0.15) is 0 Å². The Morgan fingerprint density at radius 3 is 2.67 bits per heavy atom. The van der Waals surface area contributed by atoms with Gasteiger partial charge in [-0.3, -0.25) is 10.1 Å². The van der Waals surface area contributed by atoms with Gasteiger partial charge in [-0.2, -0.15) is 0 Å². The third kappa shape index (κ3) is 1.76. The molecule has 1 aliphatic heterocycles. The third-order valence-electron chi connectivity index (χ3n) is 1.39. The Hall–Kier alpha value is -0.423. The standard InChI is InChI=1S/C4H9NO3Si/c6-5(7)9-4-2-1-3-8-9/h9H,1-4H2. The topological polar surface area (TPSA) is 52.4 Å². The van der Waals surface area contributed by atoms with E-state index in [2.05, 4.69) is 0 Å². The van der Waals surface area contributed by atoms with Crippen LogP contribution in [0.3, 0.4) is 0 Å². The van der Waals surface area contributed by atoms with Crippen LogP contribution < -0.4 is 0 Å². The fourth-order valence-corrected chi connectivity index (χ4v) is 2.47. The Morgan fingerprint density at radius 1 is 1.56 bits per heavy atom. The summed E-state index contributed by atoms with van der Waals surface area (Å²) in [5.74, 6) is 0. The second-order valence-corrected chi connectivity index (χ2v) is 4.35. The molecule has 0 aromatic rings. The van der Waals surface area contributed by atoms with Crippen LogP contribution in [0.15, 0.2) is 0 Å². The molecule has 0 amide bonds. The highest BCUT2D eigenvalue weighted by Crippen LogP contribution is 2.10. The predicted molar refractivity (Wildman–Crippen MR) is 34.1 cm³/mol. The van der Waals surface area contributed by atoms with E-state index < -0.39 is 9.20 Å². The number of hydrogen-bond acceptors (Lipinski definition) is 3. The molecule has 0 N–H and O–H groups in total. The summed E-state index contributed by atoms with van der Waals surface area (Å²) in [4.78, 5) is 10.1. The van der Waals surface area contributed by atoms with E-state index in [1.54, 1.807) is 0 Å². The molecular weight excluding hydrogens is 138 g/mol. The minimum absolute atomic E-state index is 0.223. The van der Waals surface area contributed by atoms with Gasteiger partial charge in [0.15, 0.2) is 0 Å². The van der Waals surface area contributed by atoms with Crippen molar-refractivity contribution in [2.24, 2.45) is 0 Å². The Balaban J connectivity index is 2.31. The van der Waals surface area contributed by atoms with Gasteiger partial charge in [0.05, 0.1) is 0 Å². The lowest BCUT2D eigenvalue weighted by Gasteiger charge is -2.12. The van der Waals surface area contributed by atoms with Crippen LogP contribution in [0, 0.1) is 10.1 Å². The molecule has 0 aromatic carbocycles. The summed E-state index contributed by atoms with van der Waals surface area (Å²) < 4.78 is 4.76. The largest absolute Gasteiger partial charge is 0.559 e. The molecule has 1 unspecified atom stereocenters. The van der Waals surface area contributed by atoms with Crippen LogP contribution in [-0.4, -0.2) is 20.4 Å². The molecule has 0 bridgehead atoms. The van der Waals surface area contributed by atoms with Crippen LogP contribution in [0.25, 0.3) is 0 Å². The van der Waals surface area contributed by atoms with Gasteiger partial charge in [-0.15, -0.1) is 0 Å². The van der Waals surface area contributed by atoms with E-state index in [-0.39, 0.29) is 4.59 Å². The van der Waals surface area contributed by atoms with Crippen molar-refractivity contribution in [2.75, 3.05) is 6.61 Å². The van der Waals surface area contributed by atoms with E-state index in [0.29, 0.717) is 12.7 Å². The van der Waals surface area contributed by atoms with Crippen molar-refractivity contribution in [3.05, 3.63) is 10.1 Å². The summed E-state index contributed by atoms with van der Waals surface area (Å²) in [5, 5.41) is 10.1. The Labute approximate surface area is 54.8 Å². The predicted octanol–water partition coefficient (Wildman–Crippen LogP) is 0.294. The average molecular weight is 147 g/mol. The van der Waals surface area contributed by atoms with Gasteiger partial charge in [0.2, 0.25) is 0 Å². The smallest absolute Gasteiger partial charge is 0.363 e. The first-order valence-electron chi connectivity index (χ1n) is 3.06. The molecule has 1 atom stereocenters. The van der Waals surface area contributed by atoms with Crippen LogP contribution >= 0.6 is 0 Å². The van der Waals surface area contributed by atoms with E-state index in [4.69, 9.17) is 4.43 Å². The Morgan fingerprint density at radius 2 is 2.33 bits per heavy atom. The first kappa shape index (κ1) is 6.69. The van der Waals surface area contributed by atoms with Crippen LogP contribution in [0.2, 0.25) is 6.04 Å². The molecule has 0 radical (unpaired) electrons. The molecule has 0 saturated carbocycles. The van der Waals surface area contributed by atoms with Gasteiger partial charge < -0.3 is 4.43 Å². The maximum Gasteiger partial charge on any atom is 0.559 e. The number of nitro groups is 1. The van der Waals surface area contributed by atoms with E-state index in [1.165, 1.54) is 0 Å². The second kappa shape index (κ2) is 2.93. The number of nitrogens with zero attached hydrogens (tertiary/aromatic N) is 1. The maximum atomic E-state index is 10.1. The monoisotopic (exact) mass is 147 g/mol. The number of hydrogen-bond donors (Lipinski definition) is 0. The first-order chi connectivity index (χ1) is 4.30. The maximum absolute atomic E-state index is 10.1. The zero-order valence-electron chi connectivity index (χ0n) is 5.08. The van der Waals surface area contributed by atoms with Crippen molar-refractivity contribution < 1.29 is 9.01 Å². The second-order valence-electron chi connectivity index (χ2n) is 2.11. The van der Waals surface area contributed by atoms with Crippen molar-refractivity contribution in [1.29, 1.82) is 0 Å². The summed E-state index contributed by atoms with van der Waals surface area (Å²) >= 11 is 0. The molecule has 9 heavy (non-hydrogen) atoms. The van der Waals surface area contributed by atoms with Crippen LogP contribution in [0.5, 0.6) is 0 Å². The zero-order valence-corrected chi connectivity index (χ0v) is 6.23. The van der Waals surface area contributed by atoms with E-state index >= 15 is 0 Å². The van der Waals surface area contributed by atoms with Gasteiger partial charge in [0, 0.05) is 12.7 Å². The lowest BCUT2D eigenvalue weighted by atomic mass is 10.4. The fourth-order valence-electron chi connectivity index (χ4n) is 0.890. The molecule has 1 heterocycles. The highest BCUT2D eigenvalue weighted by atomic mass is 28.3. The molecule has 1 saturated heterocycles. The van der Waals surface area contributed by atoms with Gasteiger partial charge in [-0.05, 0) is 17.4 Å². The molecule has 4 nitrogen and oxygen atoms in total. The molecule has 1 rings (SSSR count). The quantitative estimate of drug-likeness (QED) is 0.304. The lowest BCUT2D eigenvalue weighted by Crippen LogP contribution is -2.31. The SMILES string of the molecule is O=[N+]([O-])[SiH]1CCCCO1. The zero-order chi connectivity index (χ0) is 6.69. The Bertz CT molecular complexity index is 112. The molecule has 5 heteroatoms. The molecule has 1 fully saturated rings. The van der Waals surface area contributed by atoms with E-state index in [9.17, 15) is 10.1 Å². The summed E-state index contributed by atoms with van der Waals surface area (Å²) in [6, 6.07) is 0.715. The third-order valence-corrected chi connectivity index (χ3v) is 3.38. The normalized spacial score (nSPS) is 27.8. The van der Waals surface area contributed by atoms with Crippen molar-refractivity contribution in [1.82, 2.24) is 0 Å². The lowest BCUT2D eigenvalue weighted by molar-refractivity contribution is -0.353. The summed E-state index contributed by atoms with van der Waals surface area (Å²) in [5.41, 5.74) is 0. The van der Waals surface area contributed by atoms with Crippen LogP contribution in [0.4, 0.5) is 0 Å². The highest BCUT2D eigenvalue weighted by molar-refractivity contribution is 6.42. The van der Waals surface area contributed by atoms with Gasteiger partial charge >= 0.3 is 9.20 Å². The summed E-state index contributed by atoms with van der Waals surface area (Å²) in [6.45, 7) is 0.609. The van der Waals surface area contributed by atoms with Crippen molar-refractivity contribution >= 4 is 9.20 Å². The van der Waals surface area contributed by atoms with Crippen molar-refractivity contribution in [3.8, 4) is 0 Å².